The molecule has 0 bridgehead atoms. The van der Waals surface area contributed by atoms with E-state index in [0.717, 1.165) is 17.3 Å². The molecular formula is C15H9ClF3N7O2. The maximum Gasteiger partial charge on any atom is 0.417 e. The smallest absolute Gasteiger partial charge is 0.334 e. The van der Waals surface area contributed by atoms with Crippen LogP contribution in [0.25, 0.3) is 0 Å². The Morgan fingerprint density at radius 3 is 2.43 bits per heavy atom. The number of hydrogen-bond acceptors (Lipinski definition) is 8. The molecule has 0 aliphatic heterocycles. The molecule has 1 aromatic heterocycles. The summed E-state index contributed by atoms with van der Waals surface area (Å²) in [5.74, 6) is -0.734. The van der Waals surface area contributed by atoms with E-state index in [9.17, 15) is 23.3 Å². The molecule has 0 amide bonds. The first kappa shape index (κ1) is 20.7. The van der Waals surface area contributed by atoms with Gasteiger partial charge in [0.25, 0.3) is 0 Å². The Labute approximate surface area is 160 Å². The summed E-state index contributed by atoms with van der Waals surface area (Å²) < 4.78 is 39.0. The predicted molar refractivity (Wildman–Crippen MR) is 91.9 cm³/mol. The Balaban J connectivity index is 2.53. The summed E-state index contributed by atoms with van der Waals surface area (Å²) in [6.45, 7) is -0.742. The minimum atomic E-state index is -4.73. The maximum atomic E-state index is 13.0. The number of nitrogens with zero attached hydrogens (tertiary/aromatic N) is 6. The van der Waals surface area contributed by atoms with Crippen LogP contribution in [0.15, 0.2) is 24.5 Å². The number of benzene rings is 1. The minimum absolute atomic E-state index is 0.156. The van der Waals surface area contributed by atoms with Gasteiger partial charge in [-0.1, -0.05) is 11.6 Å². The molecule has 144 valence electrons. The van der Waals surface area contributed by atoms with Gasteiger partial charge < -0.3 is 10.2 Å². The Morgan fingerprint density at radius 1 is 1.25 bits per heavy atom. The van der Waals surface area contributed by atoms with E-state index in [-0.39, 0.29) is 24.6 Å². The number of rotatable bonds is 6. The third-order valence-electron chi connectivity index (χ3n) is 3.34. The highest BCUT2D eigenvalue weighted by atomic mass is 35.5. The number of alkyl halides is 3. The molecular weight excluding hydrogens is 403 g/mol. The molecule has 1 aromatic carbocycles. The third-order valence-corrected chi connectivity index (χ3v) is 3.67. The van der Waals surface area contributed by atoms with Crippen molar-refractivity contribution < 1.29 is 18.1 Å². The molecule has 13 heteroatoms. The van der Waals surface area contributed by atoms with Crippen LogP contribution in [0.5, 0.6) is 0 Å². The lowest BCUT2D eigenvalue weighted by atomic mass is 10.2. The second-order valence-corrected chi connectivity index (χ2v) is 5.55. The summed E-state index contributed by atoms with van der Waals surface area (Å²) in [5.41, 5.74) is -1.99. The predicted octanol–water partition coefficient (Wildman–Crippen LogP) is 3.65. The van der Waals surface area contributed by atoms with Crippen LogP contribution in [0.2, 0.25) is 5.02 Å². The van der Waals surface area contributed by atoms with Crippen LogP contribution in [0, 0.1) is 32.8 Å². The Hall–Kier alpha value is -3.64. The number of halogens is 4. The molecule has 0 aliphatic rings. The van der Waals surface area contributed by atoms with Gasteiger partial charge >= 0.3 is 11.9 Å². The molecule has 0 saturated heterocycles. The first-order valence-electron chi connectivity index (χ1n) is 7.31. The first-order valence-corrected chi connectivity index (χ1v) is 7.68. The summed E-state index contributed by atoms with van der Waals surface area (Å²) >= 11 is 5.55. The zero-order chi connectivity index (χ0) is 20.9. The van der Waals surface area contributed by atoms with Gasteiger partial charge in [0, 0.05) is 5.69 Å². The van der Waals surface area contributed by atoms with Crippen LogP contribution in [-0.4, -0.2) is 28.0 Å². The third kappa shape index (κ3) is 4.55. The Morgan fingerprint density at radius 2 is 1.89 bits per heavy atom. The summed E-state index contributed by atoms with van der Waals surface area (Å²) in [7, 11) is 0. The van der Waals surface area contributed by atoms with Gasteiger partial charge in [0.15, 0.2) is 0 Å². The van der Waals surface area contributed by atoms with E-state index in [0.29, 0.717) is 6.07 Å². The molecule has 0 aliphatic carbocycles. The average Bonchev–Trinajstić information content (AvgIpc) is 2.62. The molecule has 0 radical (unpaired) electrons. The molecule has 0 fully saturated rings. The number of nitriles is 2. The van der Waals surface area contributed by atoms with Crippen LogP contribution < -0.4 is 10.2 Å². The maximum absolute atomic E-state index is 13.0. The summed E-state index contributed by atoms with van der Waals surface area (Å²) in [6, 6.07) is 6.34. The summed E-state index contributed by atoms with van der Waals surface area (Å²) in [6.07, 6.45) is -3.80. The molecule has 0 saturated carbocycles. The van der Waals surface area contributed by atoms with Gasteiger partial charge in [-0.25, -0.2) is 9.97 Å². The van der Waals surface area contributed by atoms with Crippen molar-refractivity contribution in [3.05, 3.63) is 45.2 Å². The van der Waals surface area contributed by atoms with E-state index >= 15 is 0 Å². The van der Waals surface area contributed by atoms with Crippen molar-refractivity contribution in [3.8, 4) is 12.1 Å². The van der Waals surface area contributed by atoms with Crippen LogP contribution in [0.4, 0.5) is 36.2 Å². The van der Waals surface area contributed by atoms with Crippen molar-refractivity contribution in [2.45, 2.75) is 6.18 Å². The molecule has 2 aromatic rings. The van der Waals surface area contributed by atoms with Crippen LogP contribution in [-0.2, 0) is 6.18 Å². The van der Waals surface area contributed by atoms with Crippen molar-refractivity contribution in [1.29, 1.82) is 10.5 Å². The fourth-order valence-corrected chi connectivity index (χ4v) is 2.42. The lowest BCUT2D eigenvalue weighted by Crippen LogP contribution is -2.26. The van der Waals surface area contributed by atoms with Crippen molar-refractivity contribution in [2.75, 3.05) is 23.3 Å². The number of anilines is 3. The summed E-state index contributed by atoms with van der Waals surface area (Å²) in [5, 5.41) is 31.1. The molecule has 0 spiro atoms. The molecule has 0 unspecified atom stereocenters. The van der Waals surface area contributed by atoms with E-state index in [1.807, 2.05) is 0 Å². The number of nitro groups is 1. The molecule has 1 heterocycles. The fraction of sp³-hybridized carbons (Fsp3) is 0.200. The van der Waals surface area contributed by atoms with E-state index in [1.54, 1.807) is 12.1 Å². The van der Waals surface area contributed by atoms with E-state index in [2.05, 4.69) is 15.3 Å². The lowest BCUT2D eigenvalue weighted by molar-refractivity contribution is -0.383. The van der Waals surface area contributed by atoms with Gasteiger partial charge in [-0.3, -0.25) is 10.1 Å². The average molecular weight is 412 g/mol. The number of aromatic nitrogens is 2. The van der Waals surface area contributed by atoms with Crippen LogP contribution in [0.1, 0.15) is 5.56 Å². The van der Waals surface area contributed by atoms with E-state index in [1.165, 1.54) is 6.07 Å². The van der Waals surface area contributed by atoms with Crippen LogP contribution >= 0.6 is 11.6 Å². The lowest BCUT2D eigenvalue weighted by Gasteiger charge is -2.18. The van der Waals surface area contributed by atoms with Crippen LogP contribution in [0.3, 0.4) is 0 Å². The highest BCUT2D eigenvalue weighted by molar-refractivity contribution is 6.31. The Bertz CT molecular complexity index is 969. The minimum Gasteiger partial charge on any atom is -0.334 e. The molecule has 2 rings (SSSR count). The highest BCUT2D eigenvalue weighted by Crippen LogP contribution is 2.38. The first-order chi connectivity index (χ1) is 13.2. The van der Waals surface area contributed by atoms with Gasteiger partial charge in [0.2, 0.25) is 11.6 Å². The molecule has 9 nitrogen and oxygen atoms in total. The van der Waals surface area contributed by atoms with Crippen molar-refractivity contribution >= 4 is 34.6 Å². The monoisotopic (exact) mass is 411 g/mol. The largest absolute Gasteiger partial charge is 0.417 e. The zero-order valence-electron chi connectivity index (χ0n) is 13.7. The van der Waals surface area contributed by atoms with Gasteiger partial charge in [-0.15, -0.1) is 0 Å². The Kier molecular flexibility index (Phi) is 6.18. The normalized spacial score (nSPS) is 10.6. The van der Waals surface area contributed by atoms with Gasteiger partial charge in [0.05, 0.1) is 27.6 Å². The molecule has 0 atom stereocenters. The van der Waals surface area contributed by atoms with Crippen molar-refractivity contribution in [3.63, 3.8) is 0 Å². The van der Waals surface area contributed by atoms with Gasteiger partial charge in [0.1, 0.15) is 19.4 Å². The van der Waals surface area contributed by atoms with Gasteiger partial charge in [-0.2, -0.15) is 23.7 Å². The quantitative estimate of drug-likeness (QED) is 0.432. The van der Waals surface area contributed by atoms with E-state index < -0.39 is 33.2 Å². The standard InChI is InChI=1S/C15H9ClF3N7O2/c16-11-2-1-9(7-10(11)15(17,18)19)24-13-12(26(27)28)14(23-8-22-13)25(5-3-20)6-4-21/h1-2,7-8H,5-6H2,(H,22,23,24). The SMILES string of the molecule is N#CCN(CC#N)c1ncnc(Nc2ccc(Cl)c(C(F)(F)F)c2)c1[N+](=O)[O-]. The van der Waals surface area contributed by atoms with E-state index in [4.69, 9.17) is 22.1 Å². The fourth-order valence-electron chi connectivity index (χ4n) is 2.19. The summed E-state index contributed by atoms with van der Waals surface area (Å²) in [4.78, 5) is 19.1. The zero-order valence-corrected chi connectivity index (χ0v) is 14.5. The second kappa shape index (κ2) is 8.37. The highest BCUT2D eigenvalue weighted by Gasteiger charge is 2.34. The topological polar surface area (TPSA) is 132 Å². The van der Waals surface area contributed by atoms with Gasteiger partial charge in [-0.05, 0) is 18.2 Å². The van der Waals surface area contributed by atoms with Crippen molar-refractivity contribution in [2.24, 2.45) is 0 Å². The number of nitrogens with one attached hydrogen (secondary N) is 1. The van der Waals surface area contributed by atoms with Crippen molar-refractivity contribution in [1.82, 2.24) is 9.97 Å². The second-order valence-electron chi connectivity index (χ2n) is 5.14. The molecule has 1 N–H and O–H groups in total. The molecule has 28 heavy (non-hydrogen) atoms. The number of hydrogen-bond donors (Lipinski definition) is 1.